The van der Waals surface area contributed by atoms with Crippen LogP contribution in [0.4, 0.5) is 24.7 Å². The molecule has 9 nitrogen and oxygen atoms in total. The van der Waals surface area contributed by atoms with E-state index in [4.69, 9.17) is 4.74 Å². The Labute approximate surface area is 253 Å². The summed E-state index contributed by atoms with van der Waals surface area (Å²) in [6.45, 7) is 1.95. The van der Waals surface area contributed by atoms with Crippen molar-refractivity contribution in [2.24, 2.45) is 5.92 Å². The van der Waals surface area contributed by atoms with E-state index in [0.29, 0.717) is 40.3 Å². The Kier molecular flexibility index (Phi) is 7.99. The minimum Gasteiger partial charge on any atom is -0.495 e. The largest absolute Gasteiger partial charge is 0.495 e. The van der Waals surface area contributed by atoms with Crippen molar-refractivity contribution in [3.05, 3.63) is 47.7 Å². The van der Waals surface area contributed by atoms with Gasteiger partial charge in [0.25, 0.3) is 5.91 Å². The number of piperidine rings is 1. The van der Waals surface area contributed by atoms with Crippen molar-refractivity contribution in [1.82, 2.24) is 19.8 Å². The third kappa shape index (κ3) is 6.16. The van der Waals surface area contributed by atoms with E-state index >= 15 is 0 Å². The van der Waals surface area contributed by atoms with Crippen molar-refractivity contribution in [2.75, 3.05) is 55.9 Å². The lowest BCUT2D eigenvalue weighted by Gasteiger charge is -2.41. The number of hydrogen-bond acceptors (Lipinski definition) is 8. The molecule has 1 aromatic carbocycles. The second-order valence-corrected chi connectivity index (χ2v) is 13.6. The molecule has 2 aromatic heterocycles. The molecule has 2 aliphatic heterocycles. The molecule has 14 heteroatoms. The summed E-state index contributed by atoms with van der Waals surface area (Å²) in [4.78, 5) is 14.3. The van der Waals surface area contributed by atoms with E-state index in [1.165, 1.54) is 18.7 Å². The number of nitrogens with one attached hydrogen (secondary N) is 3. The number of alkyl halides is 3. The van der Waals surface area contributed by atoms with Gasteiger partial charge in [0.05, 0.1) is 29.8 Å². The summed E-state index contributed by atoms with van der Waals surface area (Å²) in [6.07, 6.45) is 1.89. The van der Waals surface area contributed by atoms with Crippen LogP contribution in [0.1, 0.15) is 28.9 Å². The van der Waals surface area contributed by atoms with Crippen LogP contribution in [-0.4, -0.2) is 87.0 Å². The Morgan fingerprint density at radius 2 is 2.09 bits per heavy atom. The van der Waals surface area contributed by atoms with Crippen molar-refractivity contribution < 1.29 is 26.9 Å². The predicted octanol–water partition coefficient (Wildman–Crippen LogP) is 3.79. The van der Waals surface area contributed by atoms with Crippen molar-refractivity contribution in [3.8, 4) is 17.6 Å². The number of rotatable bonds is 8. The molecule has 3 aliphatic rings. The Morgan fingerprint density at radius 1 is 1.28 bits per heavy atom. The number of aromatic nitrogens is 2. The zero-order valence-corrected chi connectivity index (χ0v) is 25.2. The summed E-state index contributed by atoms with van der Waals surface area (Å²) in [7, 11) is 2.33. The molecule has 0 radical (unpaired) electrons. The number of fused-ring (bicyclic) bond motifs is 2. The zero-order valence-electron chi connectivity index (χ0n) is 23.6. The van der Waals surface area contributed by atoms with Gasteiger partial charge in [-0.05, 0) is 66.8 Å². The van der Waals surface area contributed by atoms with Gasteiger partial charge < -0.3 is 20.7 Å². The first-order valence-electron chi connectivity index (χ1n) is 13.9. The molecule has 2 atom stereocenters. The highest BCUT2D eigenvalue weighted by atomic mass is 32.2. The molecule has 1 saturated carbocycles. The van der Waals surface area contributed by atoms with Crippen LogP contribution in [0.2, 0.25) is 0 Å². The number of likely N-dealkylation sites (tertiary alicyclic amines) is 1. The third-order valence-electron chi connectivity index (χ3n) is 8.28. The number of hydrogen-bond donors (Lipinski definition) is 3. The van der Waals surface area contributed by atoms with Crippen LogP contribution in [0.15, 0.2) is 41.3 Å². The first-order chi connectivity index (χ1) is 20.6. The molecule has 6 rings (SSSR count). The molecule has 3 fully saturated rings. The van der Waals surface area contributed by atoms with Gasteiger partial charge in [-0.2, -0.15) is 18.3 Å². The van der Waals surface area contributed by atoms with Crippen LogP contribution in [0, 0.1) is 17.8 Å². The number of amides is 1. The Morgan fingerprint density at radius 3 is 2.79 bits per heavy atom. The fourth-order valence-corrected chi connectivity index (χ4v) is 7.73. The van der Waals surface area contributed by atoms with Crippen LogP contribution in [0.5, 0.6) is 5.75 Å². The van der Waals surface area contributed by atoms with E-state index in [0.717, 1.165) is 37.4 Å². The first-order valence-corrected chi connectivity index (χ1v) is 16.2. The number of methoxy groups -OCH3 is 1. The van der Waals surface area contributed by atoms with Gasteiger partial charge in [0.2, 0.25) is 0 Å². The maximum atomic E-state index is 13.6. The summed E-state index contributed by atoms with van der Waals surface area (Å²) in [5.41, 5.74) is -3.24. The van der Waals surface area contributed by atoms with Crippen LogP contribution < -0.4 is 20.7 Å². The van der Waals surface area contributed by atoms with Crippen LogP contribution in [0.25, 0.3) is 5.52 Å². The highest BCUT2D eigenvalue weighted by molar-refractivity contribution is 8.00. The van der Waals surface area contributed by atoms with Crippen molar-refractivity contribution in [2.45, 2.75) is 34.8 Å². The molecule has 2 saturated heterocycles. The Bertz CT molecular complexity index is 1640. The highest BCUT2D eigenvalue weighted by Gasteiger charge is 2.58. The number of carbonyl (C=O) groups excluding carboxylic acids is 1. The average Bonchev–Trinajstić information content (AvgIpc) is 3.58. The fraction of sp³-hybridized carbons (Fsp3) is 0.448. The number of ether oxygens (including phenoxy) is 1. The minimum absolute atomic E-state index is 0.0398. The topological polar surface area (TPSA) is 100 Å². The molecule has 4 heterocycles. The van der Waals surface area contributed by atoms with E-state index in [1.54, 1.807) is 30.3 Å². The molecule has 0 bridgehead atoms. The smallest absolute Gasteiger partial charge is 0.446 e. The molecule has 3 aromatic rings. The fourth-order valence-electron chi connectivity index (χ4n) is 5.87. The maximum absolute atomic E-state index is 13.6. The van der Waals surface area contributed by atoms with Crippen LogP contribution in [0.3, 0.4) is 0 Å². The number of pyridine rings is 1. The minimum atomic E-state index is -4.51. The van der Waals surface area contributed by atoms with E-state index in [9.17, 15) is 22.2 Å². The molecule has 3 N–H and O–H groups in total. The van der Waals surface area contributed by atoms with Gasteiger partial charge in [0, 0.05) is 59.6 Å². The second-order valence-electron chi connectivity index (χ2n) is 10.9. The number of thioether (sulfide) groups is 1. The number of carbonyl (C=O) groups is 1. The van der Waals surface area contributed by atoms with E-state index < -0.39 is 16.3 Å². The van der Waals surface area contributed by atoms with Gasteiger partial charge in [-0.1, -0.05) is 12.0 Å². The lowest BCUT2D eigenvalue weighted by molar-refractivity contribution is -0.0327. The summed E-state index contributed by atoms with van der Waals surface area (Å²) >= 11 is -0.216. The summed E-state index contributed by atoms with van der Waals surface area (Å²) in [6, 6.07) is 10.5. The maximum Gasteiger partial charge on any atom is 0.446 e. The SMILES string of the molecule is CNC(=O)c1ccc(NCC#Cc2nn3c(N[C@]45CCN(C6CS(=O)C6)C[C@H]4C5)cccc3c2SC(F)(F)F)c(OC)c1. The number of nitrogens with zero attached hydrogens (tertiary/aromatic N) is 3. The number of halogens is 3. The van der Waals surface area contributed by atoms with Gasteiger partial charge in [-0.3, -0.25) is 13.9 Å². The lowest BCUT2D eigenvalue weighted by atomic mass is 10.0. The van der Waals surface area contributed by atoms with Crippen molar-refractivity contribution >= 4 is 45.5 Å². The molecule has 0 unspecified atom stereocenters. The number of benzene rings is 1. The van der Waals surface area contributed by atoms with Gasteiger partial charge in [-0.15, -0.1) is 0 Å². The molecular formula is C29H31F3N6O3S2. The highest BCUT2D eigenvalue weighted by Crippen LogP contribution is 2.52. The van der Waals surface area contributed by atoms with E-state index in [-0.39, 0.29) is 40.3 Å². The quantitative estimate of drug-likeness (QED) is 0.255. The molecular weight excluding hydrogens is 601 g/mol. The monoisotopic (exact) mass is 632 g/mol. The molecule has 1 amide bonds. The van der Waals surface area contributed by atoms with Crippen molar-refractivity contribution in [3.63, 3.8) is 0 Å². The van der Waals surface area contributed by atoms with Crippen LogP contribution in [-0.2, 0) is 10.8 Å². The number of anilines is 2. The molecule has 228 valence electrons. The Balaban J connectivity index is 1.21. The van der Waals surface area contributed by atoms with Gasteiger partial charge in [-0.25, -0.2) is 4.52 Å². The van der Waals surface area contributed by atoms with E-state index in [2.05, 4.69) is 37.8 Å². The Hall–Kier alpha value is -3.41. The summed E-state index contributed by atoms with van der Waals surface area (Å²) in [5, 5.41) is 13.8. The average molecular weight is 633 g/mol. The second kappa shape index (κ2) is 11.6. The summed E-state index contributed by atoms with van der Waals surface area (Å²) < 4.78 is 59.3. The molecule has 1 aliphatic carbocycles. The van der Waals surface area contributed by atoms with Gasteiger partial charge >= 0.3 is 5.51 Å². The van der Waals surface area contributed by atoms with Crippen LogP contribution >= 0.6 is 11.8 Å². The summed E-state index contributed by atoms with van der Waals surface area (Å²) in [5.74, 6) is 8.45. The first kappa shape index (κ1) is 29.7. The standard InChI is InChI=1S/C29H31F3N6O3S2/c1-33-27(39)18-8-9-21(24(13-18)41-2)34-11-4-5-22-26(42-29(30,31)32)23-6-3-7-25(38(23)36-22)35-28-10-12-37(15-19(28)14-28)20-16-43(40)17-20/h3,6-9,13,19-20,34-35H,10-12,14-17H2,1-2H3,(H,33,39)/t19-,20?,28+,43?/m1/s1. The van der Waals surface area contributed by atoms with E-state index in [1.807, 2.05) is 6.07 Å². The predicted molar refractivity (Wildman–Crippen MR) is 161 cm³/mol. The molecule has 43 heavy (non-hydrogen) atoms. The van der Waals surface area contributed by atoms with Crippen molar-refractivity contribution in [1.29, 1.82) is 0 Å². The van der Waals surface area contributed by atoms with Gasteiger partial charge in [0.1, 0.15) is 17.3 Å². The van der Waals surface area contributed by atoms with Gasteiger partial charge in [0.15, 0.2) is 0 Å². The normalized spacial score (nSPS) is 24.7. The zero-order chi connectivity index (χ0) is 30.4. The third-order valence-corrected chi connectivity index (χ3v) is 10.6. The lowest BCUT2D eigenvalue weighted by Crippen LogP contribution is -2.54. The molecule has 0 spiro atoms.